The van der Waals surface area contributed by atoms with E-state index in [1.54, 1.807) is 24.3 Å². The first-order valence-electron chi connectivity index (χ1n) is 11.8. The van der Waals surface area contributed by atoms with Crippen LogP contribution in [0.15, 0.2) is 29.2 Å². The van der Waals surface area contributed by atoms with Crippen LogP contribution in [0.1, 0.15) is 12.0 Å². The number of ether oxygens (including phenoxy) is 1. The summed E-state index contributed by atoms with van der Waals surface area (Å²) >= 11 is 0. The lowest BCUT2D eigenvalue weighted by molar-refractivity contribution is 0.130. The fraction of sp³-hybridized carbons (Fsp3) is 0.273. The van der Waals surface area contributed by atoms with E-state index >= 15 is 0 Å². The molecule has 6 heteroatoms. The zero-order chi connectivity index (χ0) is 28.8. The van der Waals surface area contributed by atoms with Crippen molar-refractivity contribution >= 4 is 18.1 Å². The predicted octanol–water partition coefficient (Wildman–Crippen LogP) is 3.35. The SMILES string of the molecule is C#CC#CC#CC#CC#CC#CC#CC#CC#CN(CCOCCC[Si](C)(C)C)S(=O)(=O)c1ccc(C)cc1. The molecule has 0 aliphatic carbocycles. The van der Waals surface area contributed by atoms with E-state index in [0.29, 0.717) is 6.61 Å². The van der Waals surface area contributed by atoms with Gasteiger partial charge in [0.25, 0.3) is 10.0 Å². The predicted molar refractivity (Wildman–Crippen MR) is 160 cm³/mol. The number of rotatable bonds is 9. The van der Waals surface area contributed by atoms with Crippen molar-refractivity contribution < 1.29 is 13.2 Å². The molecule has 0 unspecified atom stereocenters. The summed E-state index contributed by atoms with van der Waals surface area (Å²) in [6.07, 6.45) is 5.91. The van der Waals surface area contributed by atoms with Gasteiger partial charge < -0.3 is 4.74 Å². The molecule has 0 radical (unpaired) electrons. The summed E-state index contributed by atoms with van der Waals surface area (Å²) in [5.74, 6) is 39.4. The van der Waals surface area contributed by atoms with Crippen LogP contribution in [0.4, 0.5) is 0 Å². The molecule has 0 saturated heterocycles. The highest BCUT2D eigenvalue weighted by Crippen LogP contribution is 2.16. The van der Waals surface area contributed by atoms with Crippen molar-refractivity contribution in [3.63, 3.8) is 0 Å². The molecule has 0 N–H and O–H groups in total. The number of terminal acetylenes is 1. The lowest BCUT2D eigenvalue weighted by Gasteiger charge is -2.18. The first-order valence-corrected chi connectivity index (χ1v) is 16.9. The van der Waals surface area contributed by atoms with Crippen molar-refractivity contribution in [3.05, 3.63) is 29.8 Å². The number of aryl methyl sites for hydroxylation is 1. The minimum Gasteiger partial charge on any atom is -0.380 e. The zero-order valence-corrected chi connectivity index (χ0v) is 24.3. The third-order valence-electron chi connectivity index (χ3n) is 4.39. The molecule has 0 saturated carbocycles. The number of hydrogen-bond acceptors (Lipinski definition) is 3. The minimum atomic E-state index is -3.84. The summed E-state index contributed by atoms with van der Waals surface area (Å²) in [5.41, 5.74) is 0.959. The van der Waals surface area contributed by atoms with Gasteiger partial charge >= 0.3 is 0 Å². The van der Waals surface area contributed by atoms with E-state index in [9.17, 15) is 8.42 Å². The Morgan fingerprint density at radius 2 is 1.21 bits per heavy atom. The highest BCUT2D eigenvalue weighted by atomic mass is 32.2. The van der Waals surface area contributed by atoms with Crippen LogP contribution in [0, 0.1) is 114 Å². The molecule has 0 aromatic heterocycles. The Bertz CT molecular complexity index is 1660. The van der Waals surface area contributed by atoms with Crippen LogP contribution >= 0.6 is 0 Å². The van der Waals surface area contributed by atoms with Crippen LogP contribution in [0.25, 0.3) is 0 Å². The summed E-state index contributed by atoms with van der Waals surface area (Å²) in [5, 5.41) is 0. The van der Waals surface area contributed by atoms with Crippen molar-refractivity contribution in [3.8, 4) is 107 Å². The lowest BCUT2D eigenvalue weighted by Crippen LogP contribution is -2.30. The first kappa shape index (κ1) is 32.2. The third-order valence-corrected chi connectivity index (χ3v) is 7.97. The zero-order valence-electron chi connectivity index (χ0n) is 22.5. The maximum atomic E-state index is 13.1. The Balaban J connectivity index is 2.84. The maximum Gasteiger partial charge on any atom is 0.271 e. The van der Waals surface area contributed by atoms with Gasteiger partial charge in [0, 0.05) is 68.1 Å². The summed E-state index contributed by atoms with van der Waals surface area (Å²) in [6.45, 7) is 9.70. The van der Waals surface area contributed by atoms with E-state index in [4.69, 9.17) is 11.2 Å². The number of nitrogens with zero attached hydrogens (tertiary/aromatic N) is 1. The molecule has 192 valence electrons. The summed E-state index contributed by atoms with van der Waals surface area (Å²) < 4.78 is 33.0. The van der Waals surface area contributed by atoms with E-state index < -0.39 is 18.1 Å². The highest BCUT2D eigenvalue weighted by Gasteiger charge is 2.22. The second-order valence-corrected chi connectivity index (χ2v) is 16.3. The van der Waals surface area contributed by atoms with E-state index in [-0.39, 0.29) is 18.0 Å². The van der Waals surface area contributed by atoms with Crippen LogP contribution in [0.2, 0.25) is 25.7 Å². The molecule has 0 spiro atoms. The molecular formula is C33H27NO3SSi. The van der Waals surface area contributed by atoms with Crippen molar-refractivity contribution in [2.24, 2.45) is 0 Å². The Labute approximate surface area is 235 Å². The topological polar surface area (TPSA) is 46.6 Å². The molecule has 1 rings (SSSR count). The van der Waals surface area contributed by atoms with Gasteiger partial charge in [0.15, 0.2) is 0 Å². The van der Waals surface area contributed by atoms with E-state index in [0.717, 1.165) is 22.3 Å². The molecule has 0 atom stereocenters. The van der Waals surface area contributed by atoms with Crippen molar-refractivity contribution in [2.75, 3.05) is 19.8 Å². The maximum absolute atomic E-state index is 13.1. The fourth-order valence-corrected chi connectivity index (χ4v) is 4.98. The number of sulfonamides is 1. The third kappa shape index (κ3) is 15.8. The second kappa shape index (κ2) is 18.4. The van der Waals surface area contributed by atoms with Gasteiger partial charge in [0.05, 0.1) is 18.0 Å². The van der Waals surface area contributed by atoms with Gasteiger partial charge in [0.2, 0.25) is 0 Å². The molecular weight excluding hydrogens is 519 g/mol. The molecule has 0 bridgehead atoms. The summed E-state index contributed by atoms with van der Waals surface area (Å²) in [4.78, 5) is 0.152. The average Bonchev–Trinajstić information content (AvgIpc) is 2.88. The van der Waals surface area contributed by atoms with Crippen LogP contribution in [-0.4, -0.2) is 40.6 Å². The first-order chi connectivity index (χ1) is 18.7. The lowest BCUT2D eigenvalue weighted by atomic mass is 10.2. The van der Waals surface area contributed by atoms with Gasteiger partial charge in [-0.3, -0.25) is 0 Å². The van der Waals surface area contributed by atoms with E-state index in [1.165, 1.54) is 0 Å². The molecule has 0 aliphatic heterocycles. The van der Waals surface area contributed by atoms with Crippen molar-refractivity contribution in [1.82, 2.24) is 4.31 Å². The molecule has 1 aromatic rings. The number of hydrogen-bond donors (Lipinski definition) is 0. The summed E-state index contributed by atoms with van der Waals surface area (Å²) in [7, 11) is -4.98. The monoisotopic (exact) mass is 545 g/mol. The molecule has 0 aliphatic rings. The van der Waals surface area contributed by atoms with Crippen LogP contribution < -0.4 is 0 Å². The number of benzene rings is 1. The largest absolute Gasteiger partial charge is 0.380 e. The molecule has 1 aromatic carbocycles. The van der Waals surface area contributed by atoms with Gasteiger partial charge in [-0.25, -0.2) is 12.7 Å². The Kier molecular flexibility index (Phi) is 15.2. The molecule has 4 nitrogen and oxygen atoms in total. The van der Waals surface area contributed by atoms with Gasteiger partial charge in [-0.05, 0) is 72.8 Å². The van der Waals surface area contributed by atoms with Gasteiger partial charge in [0.1, 0.15) is 0 Å². The Morgan fingerprint density at radius 1 is 0.744 bits per heavy atom. The molecule has 0 fully saturated rings. The minimum absolute atomic E-state index is 0.0838. The summed E-state index contributed by atoms with van der Waals surface area (Å²) in [6, 6.07) is 10.4. The Morgan fingerprint density at radius 3 is 1.67 bits per heavy atom. The van der Waals surface area contributed by atoms with E-state index in [2.05, 4.69) is 120 Å². The molecule has 39 heavy (non-hydrogen) atoms. The standard InChI is InChI=1S/C33H27NO3SSi/c1-6-7-8-9-10-11-12-13-14-15-16-17-18-19-20-21-27-34(28-30-37-29-22-31-39(3,4)5)38(35,36)33-25-23-32(2)24-26-33/h1,23-26H,22,28-31H2,2-5H3. The van der Waals surface area contributed by atoms with Crippen LogP contribution in [-0.2, 0) is 14.8 Å². The van der Waals surface area contributed by atoms with Gasteiger partial charge in [-0.2, -0.15) is 0 Å². The molecule has 0 amide bonds. The highest BCUT2D eigenvalue weighted by molar-refractivity contribution is 7.89. The average molecular weight is 546 g/mol. The van der Waals surface area contributed by atoms with Crippen LogP contribution in [0.5, 0.6) is 0 Å². The quantitative estimate of drug-likeness (QED) is 0.207. The second-order valence-electron chi connectivity index (χ2n) is 8.80. The van der Waals surface area contributed by atoms with Crippen molar-refractivity contribution in [1.29, 1.82) is 0 Å². The van der Waals surface area contributed by atoms with Gasteiger partial charge in [-0.15, -0.1) is 6.42 Å². The Hall–Kier alpha value is -4.81. The normalized spacial score (nSPS) is 8.69. The van der Waals surface area contributed by atoms with Crippen LogP contribution in [0.3, 0.4) is 0 Å². The van der Waals surface area contributed by atoms with Gasteiger partial charge in [-0.1, -0.05) is 43.4 Å². The smallest absolute Gasteiger partial charge is 0.271 e. The van der Waals surface area contributed by atoms with E-state index in [1.807, 2.05) is 6.92 Å². The fourth-order valence-electron chi connectivity index (χ4n) is 2.56. The molecule has 0 heterocycles. The van der Waals surface area contributed by atoms with Crippen molar-refractivity contribution in [2.45, 2.75) is 43.9 Å².